The summed E-state index contributed by atoms with van der Waals surface area (Å²) in [5.41, 5.74) is 0.187. The van der Waals surface area contributed by atoms with E-state index in [2.05, 4.69) is 9.10 Å². The van der Waals surface area contributed by atoms with Crippen LogP contribution in [0.3, 0.4) is 0 Å². The van der Waals surface area contributed by atoms with Gasteiger partial charge in [-0.05, 0) is 37.0 Å². The minimum absolute atomic E-state index is 0.0291. The van der Waals surface area contributed by atoms with Gasteiger partial charge < -0.3 is 5.11 Å². The number of aryl methyl sites for hydroxylation is 2. The lowest BCUT2D eigenvalue weighted by atomic mass is 10.2. The van der Waals surface area contributed by atoms with Gasteiger partial charge in [-0.3, -0.25) is 4.72 Å². The molecule has 0 aromatic carbocycles. The first-order valence-corrected chi connectivity index (χ1v) is 8.73. The maximum absolute atomic E-state index is 12.2. The maximum Gasteiger partial charge on any atom is 0.340 e. The Labute approximate surface area is 124 Å². The van der Waals surface area contributed by atoms with Gasteiger partial charge in [0.2, 0.25) is 0 Å². The van der Waals surface area contributed by atoms with Crippen molar-refractivity contribution in [1.29, 1.82) is 0 Å². The van der Waals surface area contributed by atoms with E-state index in [1.165, 1.54) is 24.3 Å². The van der Waals surface area contributed by atoms with Gasteiger partial charge in [-0.15, -0.1) is 11.3 Å². The van der Waals surface area contributed by atoms with Crippen LogP contribution in [0.5, 0.6) is 0 Å². The van der Waals surface area contributed by atoms with Crippen molar-refractivity contribution in [3.05, 3.63) is 28.3 Å². The van der Waals surface area contributed by atoms with Gasteiger partial charge in [0.1, 0.15) is 14.8 Å². The highest BCUT2D eigenvalue weighted by Crippen LogP contribution is 2.29. The Bertz CT molecular complexity index is 746. The summed E-state index contributed by atoms with van der Waals surface area (Å²) in [6.07, 6.45) is 0.750. The highest BCUT2D eigenvalue weighted by atomic mass is 32.2. The van der Waals surface area contributed by atoms with Crippen LogP contribution in [0, 0.1) is 6.92 Å². The predicted molar refractivity (Wildman–Crippen MR) is 78.3 cm³/mol. The second-order valence-electron chi connectivity index (χ2n) is 3.96. The molecule has 0 bridgehead atoms. The quantitative estimate of drug-likeness (QED) is 0.877. The Morgan fingerprint density at radius 1 is 1.45 bits per heavy atom. The summed E-state index contributed by atoms with van der Waals surface area (Å²) in [6, 6.07) is 3.26. The van der Waals surface area contributed by atoms with Crippen LogP contribution in [0.1, 0.15) is 27.9 Å². The molecule has 0 saturated carbocycles. The molecule has 108 valence electrons. The molecule has 2 N–H and O–H groups in total. The van der Waals surface area contributed by atoms with Gasteiger partial charge in [-0.2, -0.15) is 4.37 Å². The summed E-state index contributed by atoms with van der Waals surface area (Å²) < 4.78 is 30.7. The number of anilines is 1. The fourth-order valence-electron chi connectivity index (χ4n) is 1.56. The second kappa shape index (κ2) is 5.51. The van der Waals surface area contributed by atoms with Crippen LogP contribution < -0.4 is 4.72 Å². The van der Waals surface area contributed by atoms with Crippen LogP contribution >= 0.6 is 22.9 Å². The zero-order chi connectivity index (χ0) is 14.9. The van der Waals surface area contributed by atoms with Gasteiger partial charge in [0.25, 0.3) is 10.0 Å². The van der Waals surface area contributed by atoms with Crippen LogP contribution in [0.4, 0.5) is 5.00 Å². The smallest absolute Gasteiger partial charge is 0.340 e. The molecule has 2 aromatic heterocycles. The molecular weight excluding hydrogens is 320 g/mol. The number of aromatic carboxylic acids is 1. The summed E-state index contributed by atoms with van der Waals surface area (Å²) in [5.74, 6) is -1.20. The standard InChI is InChI=1S/C11H12N2O4S3/c1-3-7-4-5-8(18-7)20(16,17)13-10-9(11(14)15)6(2)12-19-10/h4-5,13H,3H2,1-2H3,(H,14,15). The summed E-state index contributed by atoms with van der Waals surface area (Å²) in [5, 5.41) is 9.11. The SMILES string of the molecule is CCc1ccc(S(=O)(=O)Nc2snc(C)c2C(=O)O)s1. The number of nitrogens with zero attached hydrogens (tertiary/aromatic N) is 1. The van der Waals surface area contributed by atoms with E-state index in [9.17, 15) is 13.2 Å². The van der Waals surface area contributed by atoms with E-state index < -0.39 is 16.0 Å². The number of hydrogen-bond donors (Lipinski definition) is 2. The van der Waals surface area contributed by atoms with Crippen molar-refractivity contribution in [2.75, 3.05) is 4.72 Å². The molecule has 0 aliphatic heterocycles. The van der Waals surface area contributed by atoms with Gasteiger partial charge in [-0.25, -0.2) is 13.2 Å². The third kappa shape index (κ3) is 2.84. The maximum atomic E-state index is 12.2. The zero-order valence-corrected chi connectivity index (χ0v) is 13.2. The number of rotatable bonds is 5. The first kappa shape index (κ1) is 14.9. The fraction of sp³-hybridized carbons (Fsp3) is 0.273. The van der Waals surface area contributed by atoms with E-state index in [4.69, 9.17) is 5.11 Å². The van der Waals surface area contributed by atoms with Gasteiger partial charge in [-0.1, -0.05) is 6.92 Å². The van der Waals surface area contributed by atoms with Gasteiger partial charge >= 0.3 is 5.97 Å². The predicted octanol–water partition coefficient (Wildman–Crippen LogP) is 2.57. The molecule has 0 amide bonds. The Morgan fingerprint density at radius 2 is 2.15 bits per heavy atom. The normalized spacial score (nSPS) is 11.5. The van der Waals surface area contributed by atoms with E-state index in [1.54, 1.807) is 6.07 Å². The summed E-state index contributed by atoms with van der Waals surface area (Å²) in [7, 11) is -3.77. The number of aromatic nitrogens is 1. The lowest BCUT2D eigenvalue weighted by Gasteiger charge is -2.04. The summed E-state index contributed by atoms with van der Waals surface area (Å²) >= 11 is 1.99. The van der Waals surface area contributed by atoms with Crippen LogP contribution in [0.25, 0.3) is 0 Å². The average Bonchev–Trinajstić information content (AvgIpc) is 2.96. The molecule has 20 heavy (non-hydrogen) atoms. The van der Waals surface area contributed by atoms with E-state index in [1.807, 2.05) is 6.92 Å². The highest BCUT2D eigenvalue weighted by molar-refractivity contribution is 7.94. The number of nitrogens with one attached hydrogen (secondary N) is 1. The number of hydrogen-bond acceptors (Lipinski definition) is 6. The monoisotopic (exact) mass is 332 g/mol. The van der Waals surface area contributed by atoms with Crippen molar-refractivity contribution in [3.8, 4) is 0 Å². The van der Waals surface area contributed by atoms with Gasteiger partial charge in [0, 0.05) is 4.88 Å². The van der Waals surface area contributed by atoms with Crippen molar-refractivity contribution in [1.82, 2.24) is 4.37 Å². The van der Waals surface area contributed by atoms with Gasteiger partial charge in [0.05, 0.1) is 5.69 Å². The molecule has 2 rings (SSSR count). The van der Waals surface area contributed by atoms with E-state index in [0.717, 1.165) is 22.8 Å². The molecule has 0 saturated heterocycles. The minimum Gasteiger partial charge on any atom is -0.478 e. The molecule has 0 fully saturated rings. The molecule has 0 unspecified atom stereocenters. The van der Waals surface area contributed by atoms with Crippen LogP contribution in [0.2, 0.25) is 0 Å². The molecule has 2 heterocycles. The Hall–Kier alpha value is -1.45. The lowest BCUT2D eigenvalue weighted by Crippen LogP contribution is -2.13. The molecule has 0 atom stereocenters. The average molecular weight is 332 g/mol. The first-order valence-electron chi connectivity index (χ1n) is 5.66. The molecule has 0 aliphatic rings. The van der Waals surface area contributed by atoms with Crippen LogP contribution in [-0.4, -0.2) is 23.9 Å². The topological polar surface area (TPSA) is 96.4 Å². The number of sulfonamides is 1. The lowest BCUT2D eigenvalue weighted by molar-refractivity contribution is 0.0697. The summed E-state index contributed by atoms with van der Waals surface area (Å²) in [6.45, 7) is 3.46. The molecule has 6 nitrogen and oxygen atoms in total. The molecule has 2 aromatic rings. The Kier molecular flexibility index (Phi) is 4.11. The third-order valence-electron chi connectivity index (χ3n) is 2.55. The number of carboxylic acids is 1. The first-order chi connectivity index (χ1) is 9.35. The van der Waals surface area contributed by atoms with Crippen LogP contribution in [0.15, 0.2) is 16.3 Å². The van der Waals surface area contributed by atoms with Crippen molar-refractivity contribution in [2.45, 2.75) is 24.5 Å². The molecule has 0 aliphatic carbocycles. The van der Waals surface area contributed by atoms with Crippen LogP contribution in [-0.2, 0) is 16.4 Å². The van der Waals surface area contributed by atoms with E-state index in [0.29, 0.717) is 5.69 Å². The number of carbonyl (C=O) groups is 1. The zero-order valence-electron chi connectivity index (χ0n) is 10.7. The Balaban J connectivity index is 2.36. The number of thiophene rings is 1. The summed E-state index contributed by atoms with van der Waals surface area (Å²) in [4.78, 5) is 12.1. The van der Waals surface area contributed by atoms with Crippen molar-refractivity contribution >= 4 is 43.9 Å². The molecule has 0 radical (unpaired) electrons. The van der Waals surface area contributed by atoms with Crippen molar-refractivity contribution in [3.63, 3.8) is 0 Å². The van der Waals surface area contributed by atoms with Crippen molar-refractivity contribution in [2.24, 2.45) is 0 Å². The van der Waals surface area contributed by atoms with E-state index >= 15 is 0 Å². The Morgan fingerprint density at radius 3 is 2.70 bits per heavy atom. The van der Waals surface area contributed by atoms with Gasteiger partial charge in [0.15, 0.2) is 0 Å². The van der Waals surface area contributed by atoms with Crippen molar-refractivity contribution < 1.29 is 18.3 Å². The fourth-order valence-corrected chi connectivity index (χ4v) is 4.93. The molecule has 0 spiro atoms. The minimum atomic E-state index is -3.77. The van der Waals surface area contributed by atoms with E-state index in [-0.39, 0.29) is 14.8 Å². The number of carboxylic acid groups (broad SMARTS) is 1. The molecule has 9 heteroatoms. The molecular formula is C11H12N2O4S3. The highest BCUT2D eigenvalue weighted by Gasteiger charge is 2.24. The second-order valence-corrected chi connectivity index (χ2v) is 7.81. The largest absolute Gasteiger partial charge is 0.478 e. The third-order valence-corrected chi connectivity index (χ3v) is 6.61.